The van der Waals surface area contributed by atoms with E-state index in [-0.39, 0.29) is 0 Å². The molecule has 0 saturated carbocycles. The maximum Gasteiger partial charge on any atom is 0.00886 e. The summed E-state index contributed by atoms with van der Waals surface area (Å²) in [6.45, 7) is 5.96. The van der Waals surface area contributed by atoms with Gasteiger partial charge in [-0.1, -0.05) is 33.1 Å². The molecule has 1 radical (unpaired) electrons. The Labute approximate surface area is 71.4 Å². The number of unbranched alkanes of at least 4 members (excludes halogenated alkanes) is 5. The van der Waals surface area contributed by atoms with Gasteiger partial charge in [0, 0.05) is 12.8 Å². The first-order valence-electron chi connectivity index (χ1n) is 4.66. The molecule has 0 spiro atoms. The van der Waals surface area contributed by atoms with E-state index in [9.17, 15) is 0 Å². The summed E-state index contributed by atoms with van der Waals surface area (Å²) < 4.78 is 0. The van der Waals surface area contributed by atoms with Gasteiger partial charge in [-0.2, -0.15) is 0 Å². The molecule has 0 N–H and O–H groups in total. The summed E-state index contributed by atoms with van der Waals surface area (Å²) in [6, 6.07) is 0. The Morgan fingerprint density at radius 1 is 1.00 bits per heavy atom. The Bertz CT molecular complexity index is 114. The lowest BCUT2D eigenvalue weighted by atomic mass is 10.1. The van der Waals surface area contributed by atoms with Crippen LogP contribution in [0.4, 0.5) is 0 Å². The molecule has 0 atom stereocenters. The van der Waals surface area contributed by atoms with Crippen LogP contribution in [0.5, 0.6) is 0 Å². The lowest BCUT2D eigenvalue weighted by Crippen LogP contribution is -1.74. The molecule has 0 saturated heterocycles. The van der Waals surface area contributed by atoms with Gasteiger partial charge in [-0.3, -0.25) is 0 Å². The van der Waals surface area contributed by atoms with Gasteiger partial charge in [0.05, 0.1) is 0 Å². The molecule has 0 nitrogen and oxygen atoms in total. The third kappa shape index (κ3) is 9.56. The van der Waals surface area contributed by atoms with Crippen molar-refractivity contribution in [2.75, 3.05) is 0 Å². The van der Waals surface area contributed by atoms with Gasteiger partial charge in [-0.15, -0.1) is 11.8 Å². The normalized spacial score (nSPS) is 8.91. The minimum absolute atomic E-state index is 1.06. The fraction of sp³-hybridized carbons (Fsp3) is 0.727. The highest BCUT2D eigenvalue weighted by atomic mass is 13.9. The first kappa shape index (κ1) is 10.6. The summed E-state index contributed by atoms with van der Waals surface area (Å²) >= 11 is 0. The van der Waals surface area contributed by atoms with Gasteiger partial charge in [-0.05, 0) is 12.8 Å². The second-order valence-electron chi connectivity index (χ2n) is 2.77. The minimum atomic E-state index is 1.06. The summed E-state index contributed by atoms with van der Waals surface area (Å²) in [5.74, 6) is 6.32. The lowest BCUT2D eigenvalue weighted by Gasteiger charge is -1.91. The standard InChI is InChI=1S/C11H19/c1-3-5-7-9-11-10-8-6-4-2/h1,3-7,9,11H2,2H3. The molecule has 0 unspecified atom stereocenters. The molecule has 0 aliphatic heterocycles. The average Bonchev–Trinajstić information content (AvgIpc) is 2.03. The van der Waals surface area contributed by atoms with Crippen molar-refractivity contribution >= 4 is 0 Å². The Morgan fingerprint density at radius 2 is 1.73 bits per heavy atom. The maximum absolute atomic E-state index is 3.80. The van der Waals surface area contributed by atoms with Crippen molar-refractivity contribution in [1.29, 1.82) is 0 Å². The van der Waals surface area contributed by atoms with Crippen molar-refractivity contribution in [3.05, 3.63) is 6.92 Å². The second-order valence-corrected chi connectivity index (χ2v) is 2.77. The smallest absolute Gasteiger partial charge is 0.00886 e. The van der Waals surface area contributed by atoms with Gasteiger partial charge < -0.3 is 0 Å². The monoisotopic (exact) mass is 151 g/mol. The van der Waals surface area contributed by atoms with Gasteiger partial charge >= 0.3 is 0 Å². The first-order valence-corrected chi connectivity index (χ1v) is 4.66. The average molecular weight is 151 g/mol. The lowest BCUT2D eigenvalue weighted by molar-refractivity contribution is 0.701. The third-order valence-corrected chi connectivity index (χ3v) is 1.55. The quantitative estimate of drug-likeness (QED) is 0.416. The fourth-order valence-corrected chi connectivity index (χ4v) is 0.869. The molecule has 0 bridgehead atoms. The van der Waals surface area contributed by atoms with Gasteiger partial charge in [0.2, 0.25) is 0 Å². The summed E-state index contributed by atoms with van der Waals surface area (Å²) in [6.07, 6.45) is 8.22. The zero-order chi connectivity index (χ0) is 8.36. The van der Waals surface area contributed by atoms with Crippen LogP contribution >= 0.6 is 0 Å². The highest BCUT2D eigenvalue weighted by Crippen LogP contribution is 2.00. The van der Waals surface area contributed by atoms with Crippen LogP contribution in [0.2, 0.25) is 0 Å². The van der Waals surface area contributed by atoms with Crippen molar-refractivity contribution < 1.29 is 0 Å². The van der Waals surface area contributed by atoms with Gasteiger partial charge in [0.1, 0.15) is 0 Å². The van der Waals surface area contributed by atoms with Gasteiger partial charge in [0.15, 0.2) is 0 Å². The zero-order valence-electron chi connectivity index (χ0n) is 7.66. The van der Waals surface area contributed by atoms with E-state index in [4.69, 9.17) is 0 Å². The molecular formula is C11H19. The highest BCUT2D eigenvalue weighted by Gasteiger charge is 1.83. The predicted octanol–water partition coefficient (Wildman–Crippen LogP) is 3.57. The van der Waals surface area contributed by atoms with Crippen molar-refractivity contribution in [1.82, 2.24) is 0 Å². The van der Waals surface area contributed by atoms with Crippen LogP contribution in [0.25, 0.3) is 0 Å². The van der Waals surface area contributed by atoms with Crippen LogP contribution < -0.4 is 0 Å². The van der Waals surface area contributed by atoms with E-state index in [2.05, 4.69) is 25.7 Å². The summed E-state index contributed by atoms with van der Waals surface area (Å²) in [5, 5.41) is 0. The van der Waals surface area contributed by atoms with Crippen LogP contribution in [0.1, 0.15) is 51.9 Å². The summed E-state index contributed by atoms with van der Waals surface area (Å²) in [4.78, 5) is 0. The molecule has 0 fully saturated rings. The van der Waals surface area contributed by atoms with E-state index in [0.717, 1.165) is 19.3 Å². The molecule has 0 aliphatic carbocycles. The SMILES string of the molecule is [CH2]CCCCCC#CCCC. The van der Waals surface area contributed by atoms with E-state index < -0.39 is 0 Å². The topological polar surface area (TPSA) is 0 Å². The predicted molar refractivity (Wildman–Crippen MR) is 51.1 cm³/mol. The molecule has 0 aromatic heterocycles. The van der Waals surface area contributed by atoms with Crippen LogP contribution in [-0.4, -0.2) is 0 Å². The third-order valence-electron chi connectivity index (χ3n) is 1.55. The number of hydrogen-bond acceptors (Lipinski definition) is 0. The minimum Gasteiger partial charge on any atom is -0.103 e. The molecule has 0 heteroatoms. The fourth-order valence-electron chi connectivity index (χ4n) is 0.869. The largest absolute Gasteiger partial charge is 0.103 e. The highest BCUT2D eigenvalue weighted by molar-refractivity contribution is 4.98. The van der Waals surface area contributed by atoms with E-state index >= 15 is 0 Å². The summed E-state index contributed by atoms with van der Waals surface area (Å²) in [5.41, 5.74) is 0. The van der Waals surface area contributed by atoms with Gasteiger partial charge in [0.25, 0.3) is 0 Å². The molecule has 0 amide bonds. The molecule has 11 heavy (non-hydrogen) atoms. The van der Waals surface area contributed by atoms with E-state index in [1.165, 1.54) is 25.7 Å². The molecule has 0 aromatic carbocycles. The Kier molecular flexibility index (Phi) is 9.18. The molecule has 0 aromatic rings. The molecule has 63 valence electrons. The molecule has 0 heterocycles. The zero-order valence-corrected chi connectivity index (χ0v) is 7.66. The molecule has 0 aliphatic rings. The number of rotatable bonds is 5. The first-order chi connectivity index (χ1) is 5.41. The maximum atomic E-state index is 3.80. The van der Waals surface area contributed by atoms with Crippen LogP contribution in [0, 0.1) is 18.8 Å². The van der Waals surface area contributed by atoms with E-state index in [1.807, 2.05) is 0 Å². The van der Waals surface area contributed by atoms with Crippen LogP contribution in [-0.2, 0) is 0 Å². The Morgan fingerprint density at radius 3 is 2.36 bits per heavy atom. The van der Waals surface area contributed by atoms with E-state index in [1.54, 1.807) is 0 Å². The van der Waals surface area contributed by atoms with Crippen molar-refractivity contribution in [3.63, 3.8) is 0 Å². The second kappa shape index (κ2) is 9.56. The molecule has 0 rings (SSSR count). The Balaban J connectivity index is 2.96. The van der Waals surface area contributed by atoms with Crippen molar-refractivity contribution in [2.45, 2.75) is 51.9 Å². The van der Waals surface area contributed by atoms with Gasteiger partial charge in [-0.25, -0.2) is 0 Å². The number of hydrogen-bond donors (Lipinski definition) is 0. The van der Waals surface area contributed by atoms with Crippen molar-refractivity contribution in [3.8, 4) is 11.8 Å². The van der Waals surface area contributed by atoms with Crippen LogP contribution in [0.3, 0.4) is 0 Å². The molecular weight excluding hydrogens is 132 g/mol. The summed E-state index contributed by atoms with van der Waals surface area (Å²) in [7, 11) is 0. The Hall–Kier alpha value is -0.440. The van der Waals surface area contributed by atoms with E-state index in [0.29, 0.717) is 0 Å². The van der Waals surface area contributed by atoms with Crippen LogP contribution in [0.15, 0.2) is 0 Å². The van der Waals surface area contributed by atoms with Crippen molar-refractivity contribution in [2.24, 2.45) is 0 Å².